The summed E-state index contributed by atoms with van der Waals surface area (Å²) in [6.45, 7) is 5.09. The molecule has 53 heavy (non-hydrogen) atoms. The van der Waals surface area contributed by atoms with Crippen molar-refractivity contribution in [2.75, 3.05) is 20.8 Å². The number of benzene rings is 2. The molecule has 2 fully saturated rings. The molecule has 280 valence electrons. The maximum absolute atomic E-state index is 14.5. The summed E-state index contributed by atoms with van der Waals surface area (Å²) in [5, 5.41) is 6.27. The minimum atomic E-state index is -1.31. The molecule has 1 saturated heterocycles. The third-order valence-corrected chi connectivity index (χ3v) is 9.76. The van der Waals surface area contributed by atoms with E-state index in [2.05, 4.69) is 10.6 Å². The van der Waals surface area contributed by atoms with Crippen LogP contribution in [-0.2, 0) is 28.7 Å². The summed E-state index contributed by atoms with van der Waals surface area (Å²) < 4.78 is 22.7. The van der Waals surface area contributed by atoms with Crippen molar-refractivity contribution in [3.05, 3.63) is 66.7 Å². The number of aromatic nitrogens is 1. The largest absolute Gasteiger partial charge is 0.497 e. The van der Waals surface area contributed by atoms with E-state index in [1.54, 1.807) is 33.9 Å². The van der Waals surface area contributed by atoms with Crippen LogP contribution in [0.5, 0.6) is 11.5 Å². The van der Waals surface area contributed by atoms with Crippen LogP contribution in [0.2, 0.25) is 0 Å². The molecule has 2 aromatic carbocycles. The number of nitrogens with one attached hydrogen (secondary N) is 2. The number of nitrogens with zero attached hydrogens (tertiary/aromatic N) is 2. The average Bonchev–Trinajstić information content (AvgIpc) is 3.66. The van der Waals surface area contributed by atoms with Gasteiger partial charge in [-0.25, -0.2) is 14.6 Å². The number of rotatable bonds is 6. The van der Waals surface area contributed by atoms with Crippen molar-refractivity contribution in [3.63, 3.8) is 0 Å². The van der Waals surface area contributed by atoms with E-state index in [4.69, 9.17) is 23.9 Å². The van der Waals surface area contributed by atoms with E-state index in [9.17, 15) is 24.0 Å². The normalized spacial score (nSPS) is 24.9. The zero-order chi connectivity index (χ0) is 37.9. The molecule has 6 rings (SSSR count). The zero-order valence-corrected chi connectivity index (χ0v) is 30.7. The Balaban J connectivity index is 1.36. The van der Waals surface area contributed by atoms with Gasteiger partial charge in [0.1, 0.15) is 46.6 Å². The van der Waals surface area contributed by atoms with E-state index < -0.39 is 53.2 Å². The molecule has 3 aromatic rings. The number of esters is 1. The number of allylic oxidation sites excluding steroid dienone is 1. The first-order chi connectivity index (χ1) is 25.3. The molecule has 13 nitrogen and oxygen atoms in total. The number of fused-ring (bicyclic) bond motifs is 3. The molecule has 3 amide bonds. The predicted octanol–water partition coefficient (Wildman–Crippen LogP) is 4.90. The van der Waals surface area contributed by atoms with Crippen molar-refractivity contribution >= 4 is 40.6 Å². The summed E-state index contributed by atoms with van der Waals surface area (Å²) in [7, 11) is 2.84. The number of ether oxygens (including phenoxy) is 4. The highest BCUT2D eigenvalue weighted by molar-refractivity contribution is 5.97. The monoisotopic (exact) mass is 726 g/mol. The number of Topliss-reactive ketones (excluding diaryl/α,β-unsaturated/α-hetero) is 1. The summed E-state index contributed by atoms with van der Waals surface area (Å²) in [4.78, 5) is 74.0. The molecule has 0 radical (unpaired) electrons. The number of pyridine rings is 1. The molecule has 5 atom stereocenters. The quantitative estimate of drug-likeness (QED) is 0.264. The van der Waals surface area contributed by atoms with E-state index >= 15 is 0 Å². The van der Waals surface area contributed by atoms with Gasteiger partial charge in [0.25, 0.3) is 0 Å². The summed E-state index contributed by atoms with van der Waals surface area (Å²) in [6, 6.07) is 14.6. The molecule has 1 saturated carbocycles. The van der Waals surface area contributed by atoms with E-state index in [1.807, 2.05) is 60.7 Å². The molecule has 3 aliphatic rings. The molecule has 1 aromatic heterocycles. The van der Waals surface area contributed by atoms with Crippen molar-refractivity contribution in [1.29, 1.82) is 0 Å². The lowest BCUT2D eigenvalue weighted by Crippen LogP contribution is -2.56. The molecular formula is C40H46N4O9. The fourth-order valence-corrected chi connectivity index (χ4v) is 6.99. The molecule has 0 spiro atoms. The second-order valence-corrected chi connectivity index (χ2v) is 14.7. The Kier molecular flexibility index (Phi) is 10.7. The van der Waals surface area contributed by atoms with Crippen LogP contribution in [0.1, 0.15) is 59.3 Å². The number of methoxy groups -OCH3 is 2. The number of hydrogen-bond acceptors (Lipinski definition) is 10. The first kappa shape index (κ1) is 37.3. The lowest BCUT2D eigenvalue weighted by molar-refractivity contribution is -0.148. The summed E-state index contributed by atoms with van der Waals surface area (Å²) >= 11 is 0. The van der Waals surface area contributed by atoms with Gasteiger partial charge >= 0.3 is 12.1 Å². The van der Waals surface area contributed by atoms with E-state index in [0.717, 1.165) is 5.56 Å². The van der Waals surface area contributed by atoms with Crippen molar-refractivity contribution in [3.8, 4) is 22.8 Å². The van der Waals surface area contributed by atoms with Gasteiger partial charge < -0.3 is 34.5 Å². The summed E-state index contributed by atoms with van der Waals surface area (Å²) in [6.07, 6.45) is 3.20. The van der Waals surface area contributed by atoms with Crippen LogP contribution < -0.4 is 20.1 Å². The van der Waals surface area contributed by atoms with Gasteiger partial charge in [0.2, 0.25) is 11.8 Å². The zero-order valence-electron chi connectivity index (χ0n) is 30.7. The lowest BCUT2D eigenvalue weighted by atomic mass is 10.0. The van der Waals surface area contributed by atoms with Crippen molar-refractivity contribution in [2.45, 2.75) is 88.6 Å². The second kappa shape index (κ2) is 15.3. The number of alkyl carbamates (subject to hydrolysis) is 1. The van der Waals surface area contributed by atoms with Crippen LogP contribution in [0.25, 0.3) is 22.2 Å². The van der Waals surface area contributed by atoms with E-state index in [1.165, 1.54) is 12.0 Å². The Labute approximate surface area is 308 Å². The number of amides is 3. The third kappa shape index (κ3) is 8.45. The number of ketones is 1. The van der Waals surface area contributed by atoms with Gasteiger partial charge in [-0.15, -0.1) is 0 Å². The van der Waals surface area contributed by atoms with Crippen LogP contribution >= 0.6 is 0 Å². The minimum absolute atomic E-state index is 0.00295. The van der Waals surface area contributed by atoms with Crippen LogP contribution in [-0.4, -0.2) is 89.6 Å². The third-order valence-electron chi connectivity index (χ3n) is 9.76. The van der Waals surface area contributed by atoms with Crippen molar-refractivity contribution in [1.82, 2.24) is 20.5 Å². The highest BCUT2D eigenvalue weighted by Crippen LogP contribution is 2.46. The van der Waals surface area contributed by atoms with Gasteiger partial charge in [0, 0.05) is 48.3 Å². The van der Waals surface area contributed by atoms with Gasteiger partial charge in [0.15, 0.2) is 0 Å². The summed E-state index contributed by atoms with van der Waals surface area (Å²) in [5.41, 5.74) is -0.00591. The SMILES string of the molecule is COC(=O)[C@@]12C[C@H]1C=CCCC(=O)CC[C@H](NC(=O)OC(C)(C)C)C(=O)N1CC(Oc3cc(-c4ccccc4)nc4cc(OC)ccc34)C[C@H]1C(=O)N2. The Morgan fingerprint density at radius 2 is 1.79 bits per heavy atom. The molecule has 2 N–H and O–H groups in total. The molecule has 1 aliphatic carbocycles. The predicted molar refractivity (Wildman–Crippen MR) is 195 cm³/mol. The smallest absolute Gasteiger partial charge is 0.408 e. The average molecular weight is 727 g/mol. The first-order valence-electron chi connectivity index (χ1n) is 17.9. The molecule has 1 unspecified atom stereocenters. The van der Waals surface area contributed by atoms with Crippen molar-refractivity contribution in [2.24, 2.45) is 5.92 Å². The maximum Gasteiger partial charge on any atom is 0.408 e. The first-order valence-corrected chi connectivity index (χ1v) is 17.9. The van der Waals surface area contributed by atoms with Gasteiger partial charge in [-0.05, 0) is 52.2 Å². The van der Waals surface area contributed by atoms with Gasteiger partial charge in [-0.1, -0.05) is 42.5 Å². The maximum atomic E-state index is 14.5. The second-order valence-electron chi connectivity index (χ2n) is 14.7. The number of carbonyl (C=O) groups excluding carboxylic acids is 5. The number of hydrogen-bond donors (Lipinski definition) is 2. The molecular weight excluding hydrogens is 680 g/mol. The Morgan fingerprint density at radius 1 is 1.02 bits per heavy atom. The molecule has 3 heterocycles. The van der Waals surface area contributed by atoms with Crippen LogP contribution in [0, 0.1) is 5.92 Å². The van der Waals surface area contributed by atoms with Crippen LogP contribution in [0.4, 0.5) is 4.79 Å². The lowest BCUT2D eigenvalue weighted by Gasteiger charge is -2.30. The highest BCUT2D eigenvalue weighted by Gasteiger charge is 2.62. The number of carbonyl (C=O) groups is 5. The minimum Gasteiger partial charge on any atom is -0.497 e. The summed E-state index contributed by atoms with van der Waals surface area (Å²) in [5.74, 6) is -1.04. The van der Waals surface area contributed by atoms with Crippen LogP contribution in [0.3, 0.4) is 0 Å². The fraction of sp³-hybridized carbons (Fsp3) is 0.450. The molecule has 2 aliphatic heterocycles. The topological polar surface area (TPSA) is 162 Å². The molecule has 0 bridgehead atoms. The fourth-order valence-electron chi connectivity index (χ4n) is 6.99. The van der Waals surface area contributed by atoms with Gasteiger partial charge in [-0.3, -0.25) is 14.4 Å². The van der Waals surface area contributed by atoms with Gasteiger partial charge in [0.05, 0.1) is 32.0 Å². The Bertz CT molecular complexity index is 1920. The van der Waals surface area contributed by atoms with Crippen LogP contribution in [0.15, 0.2) is 66.7 Å². The Morgan fingerprint density at radius 3 is 2.51 bits per heavy atom. The molecule has 13 heteroatoms. The van der Waals surface area contributed by atoms with E-state index in [-0.39, 0.29) is 43.9 Å². The highest BCUT2D eigenvalue weighted by atomic mass is 16.6. The van der Waals surface area contributed by atoms with E-state index in [0.29, 0.717) is 40.9 Å². The standard InChI is InChI=1S/C40H46N4O9/c1-39(2,3)53-38(49)42-30-18-15-26(45)14-10-9-13-25-22-40(25,37(48)51-5)43-35(46)33-20-28(23-44(33)36(30)47)52-34-21-31(24-11-7-6-8-12-24)41-32-19-27(50-4)16-17-29(32)34/h6-9,11-13,16-17,19,21,25,28,30,33H,10,14-15,18,20,22-23H2,1-5H3,(H,42,49)(H,43,46)/t25-,28?,30+,33+,40-/m1/s1. The van der Waals surface area contributed by atoms with Gasteiger partial charge in [-0.2, -0.15) is 0 Å². The van der Waals surface area contributed by atoms with Crippen molar-refractivity contribution < 1.29 is 42.9 Å². The Hall–Kier alpha value is -5.46.